The van der Waals surface area contributed by atoms with Gasteiger partial charge in [-0.1, -0.05) is 18.2 Å². The van der Waals surface area contributed by atoms with Crippen LogP contribution in [0, 0.1) is 0 Å². The maximum Gasteiger partial charge on any atom is 0.241 e. The smallest absolute Gasteiger partial charge is 0.241 e. The van der Waals surface area contributed by atoms with Crippen molar-refractivity contribution in [2.75, 3.05) is 12.3 Å². The largest absolute Gasteiger partial charge is 0.384 e. The number of fused-ring (bicyclic) bond motifs is 1. The Bertz CT molecular complexity index is 1280. The molecular weight excluding hydrogens is 416 g/mol. The minimum atomic E-state index is -3.88. The third-order valence-corrected chi connectivity index (χ3v) is 6.60. The van der Waals surface area contributed by atoms with E-state index in [1.54, 1.807) is 23.1 Å². The lowest BCUT2D eigenvalue weighted by molar-refractivity contribution is -0.129. The average molecular weight is 439 g/mol. The minimum absolute atomic E-state index is 0.0756. The van der Waals surface area contributed by atoms with E-state index in [1.165, 1.54) is 18.3 Å². The van der Waals surface area contributed by atoms with Crippen LogP contribution in [0.5, 0.6) is 0 Å². The highest BCUT2D eigenvalue weighted by atomic mass is 32.2. The number of aromatic nitrogens is 1. The topological polar surface area (TPSA) is 144 Å². The summed E-state index contributed by atoms with van der Waals surface area (Å²) in [5, 5.41) is 4.16. The molecule has 0 bridgehead atoms. The molecule has 1 atom stereocenters. The fourth-order valence-corrected chi connectivity index (χ4v) is 4.88. The second-order valence-corrected chi connectivity index (χ2v) is 9.05. The number of nitrogens with zero attached hydrogens (tertiary/aromatic N) is 3. The van der Waals surface area contributed by atoms with Gasteiger partial charge in [0.15, 0.2) is 0 Å². The molecule has 5 N–H and O–H groups in total. The number of carbonyl (C=O) groups is 1. The Hall–Kier alpha value is -3.50. The van der Waals surface area contributed by atoms with Crippen LogP contribution >= 0.6 is 0 Å². The molecule has 1 aliphatic rings. The number of nitrogens with one attached hydrogen (secondary N) is 1. The molecule has 31 heavy (non-hydrogen) atoms. The summed E-state index contributed by atoms with van der Waals surface area (Å²) in [5.74, 6) is 5.30. The van der Waals surface area contributed by atoms with Crippen molar-refractivity contribution in [3.8, 4) is 0 Å². The molecule has 4 rings (SSSR count). The van der Waals surface area contributed by atoms with Gasteiger partial charge in [0.05, 0.1) is 16.6 Å². The summed E-state index contributed by atoms with van der Waals surface area (Å²) in [5.41, 5.74) is 8.01. The molecule has 2 aromatic carbocycles. The zero-order chi connectivity index (χ0) is 22.0. The van der Waals surface area contributed by atoms with Crippen LogP contribution in [0.1, 0.15) is 17.5 Å². The first-order chi connectivity index (χ1) is 14.9. The van der Waals surface area contributed by atoms with Crippen LogP contribution in [0.4, 0.5) is 5.82 Å². The van der Waals surface area contributed by atoms with Gasteiger partial charge in [-0.2, -0.15) is 9.82 Å². The van der Waals surface area contributed by atoms with Crippen molar-refractivity contribution in [3.63, 3.8) is 0 Å². The van der Waals surface area contributed by atoms with E-state index in [0.29, 0.717) is 36.2 Å². The molecule has 0 saturated carbocycles. The number of nitrogen functional groups attached to an aromatic ring is 1. The van der Waals surface area contributed by atoms with E-state index < -0.39 is 16.1 Å². The lowest BCUT2D eigenvalue weighted by atomic mass is 10.1. The van der Waals surface area contributed by atoms with Crippen LogP contribution in [0.15, 0.2) is 64.6 Å². The molecule has 0 aliphatic carbocycles. The Balaban J connectivity index is 1.47. The Labute approximate surface area is 179 Å². The minimum Gasteiger partial charge on any atom is -0.384 e. The number of pyridine rings is 1. The molecule has 3 aromatic rings. The van der Waals surface area contributed by atoms with Crippen molar-refractivity contribution < 1.29 is 13.2 Å². The lowest BCUT2D eigenvalue weighted by Crippen LogP contribution is -2.41. The first kappa shape index (κ1) is 20.8. The fraction of sp³-hybridized carbons (Fsp3) is 0.190. The maximum atomic E-state index is 12.9. The molecule has 160 valence electrons. The second kappa shape index (κ2) is 8.32. The van der Waals surface area contributed by atoms with E-state index >= 15 is 0 Å². The molecule has 10 heteroatoms. The second-order valence-electron chi connectivity index (χ2n) is 7.34. The summed E-state index contributed by atoms with van der Waals surface area (Å²) < 4.78 is 28.3. The van der Waals surface area contributed by atoms with E-state index in [9.17, 15) is 13.2 Å². The van der Waals surface area contributed by atoms with Crippen LogP contribution in [-0.2, 0) is 21.4 Å². The number of likely N-dealkylation sites (tertiary alicyclic amines) is 1. The highest BCUT2D eigenvalue weighted by Crippen LogP contribution is 2.21. The van der Waals surface area contributed by atoms with Gasteiger partial charge in [-0.3, -0.25) is 4.79 Å². The standard InChI is InChI=1S/C21H22N6O3S/c22-20-7-4-16-11-17(5-6-18(16)25-20)31(29,30)26-19-8-9-27(21(19)28)13-15-3-1-2-14(10-15)12-24-23/h1-7,10-12,19,26H,8-9,13,23H2,(H2,22,25)/t19-/m0/s1. The highest BCUT2D eigenvalue weighted by molar-refractivity contribution is 7.89. The monoisotopic (exact) mass is 438 g/mol. The van der Waals surface area contributed by atoms with Gasteiger partial charge in [0.2, 0.25) is 15.9 Å². The number of nitrogens with two attached hydrogens (primary N) is 2. The van der Waals surface area contributed by atoms with Crippen molar-refractivity contribution in [1.82, 2.24) is 14.6 Å². The molecule has 1 aromatic heterocycles. The van der Waals surface area contributed by atoms with E-state index in [1.807, 2.05) is 24.3 Å². The van der Waals surface area contributed by atoms with Crippen LogP contribution in [0.3, 0.4) is 0 Å². The predicted octanol–water partition coefficient (Wildman–Crippen LogP) is 1.19. The van der Waals surface area contributed by atoms with Gasteiger partial charge < -0.3 is 16.5 Å². The summed E-state index contributed by atoms with van der Waals surface area (Å²) in [7, 11) is -3.88. The van der Waals surface area contributed by atoms with Crippen LogP contribution in [-0.4, -0.2) is 43.0 Å². The molecule has 0 spiro atoms. The van der Waals surface area contributed by atoms with Gasteiger partial charge in [-0.25, -0.2) is 13.4 Å². The Morgan fingerprint density at radius 3 is 2.84 bits per heavy atom. The van der Waals surface area contributed by atoms with Crippen molar-refractivity contribution in [2.45, 2.75) is 23.9 Å². The first-order valence-electron chi connectivity index (χ1n) is 9.65. The molecule has 9 nitrogen and oxygen atoms in total. The Morgan fingerprint density at radius 2 is 2.03 bits per heavy atom. The normalized spacial score (nSPS) is 17.1. The van der Waals surface area contributed by atoms with Crippen molar-refractivity contribution in [3.05, 3.63) is 65.7 Å². The molecule has 1 saturated heterocycles. The molecule has 0 radical (unpaired) electrons. The molecular formula is C21H22N6O3S. The molecule has 1 fully saturated rings. The molecule has 0 unspecified atom stereocenters. The van der Waals surface area contributed by atoms with Crippen LogP contribution in [0.25, 0.3) is 10.9 Å². The lowest BCUT2D eigenvalue weighted by Gasteiger charge is -2.17. The number of sulfonamides is 1. The SMILES string of the molecule is NN=Cc1cccc(CN2CC[C@H](NS(=O)(=O)c3ccc4nc(N)ccc4c3)C2=O)c1. The van der Waals surface area contributed by atoms with Gasteiger partial charge in [-0.05, 0) is 53.9 Å². The quantitative estimate of drug-likeness (QED) is 0.300. The first-order valence-corrected chi connectivity index (χ1v) is 11.1. The number of benzene rings is 2. The van der Waals surface area contributed by atoms with E-state index in [-0.39, 0.29) is 10.8 Å². The van der Waals surface area contributed by atoms with Crippen molar-refractivity contribution in [2.24, 2.45) is 10.9 Å². The highest BCUT2D eigenvalue weighted by Gasteiger charge is 2.35. The number of amides is 1. The van der Waals surface area contributed by atoms with Crippen molar-refractivity contribution in [1.29, 1.82) is 0 Å². The average Bonchev–Trinajstić information content (AvgIpc) is 3.07. The van der Waals surface area contributed by atoms with E-state index in [2.05, 4.69) is 14.8 Å². The predicted molar refractivity (Wildman–Crippen MR) is 119 cm³/mol. The molecule has 1 amide bonds. The van der Waals surface area contributed by atoms with E-state index in [0.717, 1.165) is 11.1 Å². The number of carbonyl (C=O) groups excluding carboxylic acids is 1. The van der Waals surface area contributed by atoms with Gasteiger partial charge in [0, 0.05) is 18.5 Å². The third-order valence-electron chi connectivity index (χ3n) is 5.14. The van der Waals surface area contributed by atoms with E-state index in [4.69, 9.17) is 11.6 Å². The van der Waals surface area contributed by atoms with Gasteiger partial charge in [0.25, 0.3) is 0 Å². The Morgan fingerprint density at radius 1 is 1.19 bits per heavy atom. The summed E-state index contributed by atoms with van der Waals surface area (Å²) in [6.45, 7) is 0.842. The molecule has 2 heterocycles. The number of hydrogen-bond donors (Lipinski definition) is 3. The van der Waals surface area contributed by atoms with Crippen LogP contribution < -0.4 is 16.3 Å². The van der Waals surface area contributed by atoms with Crippen molar-refractivity contribution >= 4 is 38.9 Å². The third kappa shape index (κ3) is 4.49. The van der Waals surface area contributed by atoms with Gasteiger partial charge >= 0.3 is 0 Å². The maximum absolute atomic E-state index is 12.9. The van der Waals surface area contributed by atoms with Gasteiger partial charge in [-0.15, -0.1) is 0 Å². The van der Waals surface area contributed by atoms with Gasteiger partial charge in [0.1, 0.15) is 11.9 Å². The summed E-state index contributed by atoms with van der Waals surface area (Å²) in [4.78, 5) is 18.7. The summed E-state index contributed by atoms with van der Waals surface area (Å²) >= 11 is 0. The zero-order valence-electron chi connectivity index (χ0n) is 16.6. The van der Waals surface area contributed by atoms with Crippen LogP contribution in [0.2, 0.25) is 0 Å². The summed E-state index contributed by atoms with van der Waals surface area (Å²) in [6.07, 6.45) is 1.92. The Kier molecular flexibility index (Phi) is 5.57. The number of hydrogen-bond acceptors (Lipinski definition) is 7. The zero-order valence-corrected chi connectivity index (χ0v) is 17.4. The fourth-order valence-electron chi connectivity index (χ4n) is 3.63. The summed E-state index contributed by atoms with van der Waals surface area (Å²) in [6, 6.07) is 14.6. The number of anilines is 1. The number of hydrazone groups is 1. The molecule has 1 aliphatic heterocycles. The number of rotatable bonds is 6.